The van der Waals surface area contributed by atoms with Gasteiger partial charge in [-0.1, -0.05) is 29.8 Å². The Balaban J connectivity index is 2.16. The molecule has 0 aromatic heterocycles. The van der Waals surface area contributed by atoms with Crippen LogP contribution in [0, 0.1) is 6.92 Å². The number of anilines is 1. The highest BCUT2D eigenvalue weighted by atomic mass is 35.5. The van der Waals surface area contributed by atoms with Gasteiger partial charge in [-0.05, 0) is 30.7 Å². The second-order valence-electron chi connectivity index (χ2n) is 4.47. The van der Waals surface area contributed by atoms with E-state index in [-0.39, 0.29) is 0 Å². The van der Waals surface area contributed by atoms with Crippen molar-refractivity contribution < 1.29 is 9.47 Å². The molecule has 0 heterocycles. The summed E-state index contributed by atoms with van der Waals surface area (Å²) in [5.41, 5.74) is 3.07. The van der Waals surface area contributed by atoms with E-state index in [1.54, 1.807) is 14.2 Å². The van der Waals surface area contributed by atoms with Crippen molar-refractivity contribution in [2.75, 3.05) is 19.5 Å². The van der Waals surface area contributed by atoms with E-state index in [2.05, 4.69) is 5.32 Å². The van der Waals surface area contributed by atoms with Crippen LogP contribution < -0.4 is 14.8 Å². The molecule has 0 aliphatic heterocycles. The van der Waals surface area contributed by atoms with Crippen LogP contribution in [0.1, 0.15) is 11.1 Å². The maximum absolute atomic E-state index is 6.12. The van der Waals surface area contributed by atoms with E-state index in [4.69, 9.17) is 21.1 Å². The fourth-order valence-corrected chi connectivity index (χ4v) is 2.17. The summed E-state index contributed by atoms with van der Waals surface area (Å²) >= 11 is 6.12. The quantitative estimate of drug-likeness (QED) is 0.892. The van der Waals surface area contributed by atoms with Crippen molar-refractivity contribution in [2.24, 2.45) is 0 Å². The number of para-hydroxylation sites is 1. The summed E-state index contributed by atoms with van der Waals surface area (Å²) in [7, 11) is 3.28. The predicted octanol–water partition coefficient (Wildman–Crippen LogP) is 4.28. The average Bonchev–Trinajstić information content (AvgIpc) is 2.47. The summed E-state index contributed by atoms with van der Waals surface area (Å²) in [6, 6.07) is 11.8. The molecule has 2 rings (SSSR count). The minimum atomic E-state index is 0.639. The van der Waals surface area contributed by atoms with E-state index in [0.717, 1.165) is 33.3 Å². The maximum Gasteiger partial charge on any atom is 0.165 e. The molecule has 0 unspecified atom stereocenters. The van der Waals surface area contributed by atoms with Crippen molar-refractivity contribution in [1.29, 1.82) is 0 Å². The molecule has 0 saturated heterocycles. The van der Waals surface area contributed by atoms with Crippen LogP contribution in [0.5, 0.6) is 11.5 Å². The molecular weight excluding hydrogens is 274 g/mol. The molecule has 0 aliphatic rings. The molecular formula is C16H18ClNO2. The van der Waals surface area contributed by atoms with Crippen LogP contribution >= 0.6 is 11.6 Å². The van der Waals surface area contributed by atoms with Gasteiger partial charge in [-0.15, -0.1) is 0 Å². The van der Waals surface area contributed by atoms with Crippen LogP contribution in [0.15, 0.2) is 36.4 Å². The van der Waals surface area contributed by atoms with E-state index < -0.39 is 0 Å². The van der Waals surface area contributed by atoms with Crippen molar-refractivity contribution >= 4 is 17.3 Å². The Labute approximate surface area is 124 Å². The molecule has 0 atom stereocenters. The molecule has 0 amide bonds. The van der Waals surface area contributed by atoms with Gasteiger partial charge in [-0.25, -0.2) is 0 Å². The first kappa shape index (κ1) is 14.5. The average molecular weight is 292 g/mol. The molecule has 0 aliphatic carbocycles. The van der Waals surface area contributed by atoms with Crippen LogP contribution in [0.3, 0.4) is 0 Å². The van der Waals surface area contributed by atoms with Gasteiger partial charge in [0.05, 0.1) is 14.2 Å². The van der Waals surface area contributed by atoms with E-state index in [0.29, 0.717) is 6.54 Å². The number of ether oxygens (including phenoxy) is 2. The highest BCUT2D eigenvalue weighted by Crippen LogP contribution is 2.31. The minimum Gasteiger partial charge on any atom is -0.493 e. The second kappa shape index (κ2) is 6.53. The van der Waals surface area contributed by atoms with Crippen molar-refractivity contribution in [1.82, 2.24) is 0 Å². The fourth-order valence-electron chi connectivity index (χ4n) is 1.99. The summed E-state index contributed by atoms with van der Waals surface area (Å²) in [5, 5.41) is 4.09. The minimum absolute atomic E-state index is 0.639. The zero-order valence-corrected chi connectivity index (χ0v) is 12.6. The highest BCUT2D eigenvalue weighted by molar-refractivity contribution is 6.31. The molecule has 0 fully saturated rings. The van der Waals surface area contributed by atoms with Gasteiger partial charge in [-0.2, -0.15) is 0 Å². The van der Waals surface area contributed by atoms with Gasteiger partial charge >= 0.3 is 0 Å². The Morgan fingerprint density at radius 1 is 1.10 bits per heavy atom. The van der Waals surface area contributed by atoms with Crippen molar-refractivity contribution in [2.45, 2.75) is 13.5 Å². The molecule has 0 saturated carbocycles. The molecule has 0 bridgehead atoms. The monoisotopic (exact) mass is 291 g/mol. The number of hydrogen-bond donors (Lipinski definition) is 1. The summed E-state index contributed by atoms with van der Waals surface area (Å²) < 4.78 is 10.7. The summed E-state index contributed by atoms with van der Waals surface area (Å²) in [6.07, 6.45) is 0. The Kier molecular flexibility index (Phi) is 4.74. The number of hydrogen-bond acceptors (Lipinski definition) is 3. The molecule has 0 spiro atoms. The maximum atomic E-state index is 6.12. The number of halogens is 1. The van der Waals surface area contributed by atoms with Gasteiger partial charge in [0.2, 0.25) is 0 Å². The number of aryl methyl sites for hydroxylation is 1. The third kappa shape index (κ3) is 3.17. The SMILES string of the molecule is COc1cccc(CNc2ccc(C)c(Cl)c2)c1OC. The zero-order valence-electron chi connectivity index (χ0n) is 11.9. The lowest BCUT2D eigenvalue weighted by Crippen LogP contribution is -2.03. The molecule has 1 N–H and O–H groups in total. The van der Waals surface area contributed by atoms with Gasteiger partial charge < -0.3 is 14.8 Å². The van der Waals surface area contributed by atoms with Crippen molar-refractivity contribution in [3.63, 3.8) is 0 Å². The first-order valence-electron chi connectivity index (χ1n) is 6.35. The van der Waals surface area contributed by atoms with Gasteiger partial charge in [0.15, 0.2) is 11.5 Å². The molecule has 2 aromatic carbocycles. The Hall–Kier alpha value is -1.87. The molecule has 4 heteroatoms. The van der Waals surface area contributed by atoms with Gasteiger partial charge in [-0.3, -0.25) is 0 Å². The molecule has 2 aromatic rings. The smallest absolute Gasteiger partial charge is 0.165 e. The van der Waals surface area contributed by atoms with Crippen LogP contribution in [0.4, 0.5) is 5.69 Å². The first-order valence-corrected chi connectivity index (χ1v) is 6.73. The lowest BCUT2D eigenvalue weighted by Gasteiger charge is -2.14. The van der Waals surface area contributed by atoms with Crippen LogP contribution in [-0.2, 0) is 6.54 Å². The van der Waals surface area contributed by atoms with E-state index in [9.17, 15) is 0 Å². The Morgan fingerprint density at radius 2 is 1.90 bits per heavy atom. The fraction of sp³-hybridized carbons (Fsp3) is 0.250. The van der Waals surface area contributed by atoms with Crippen LogP contribution in [0.2, 0.25) is 5.02 Å². The van der Waals surface area contributed by atoms with E-state index >= 15 is 0 Å². The molecule has 106 valence electrons. The lowest BCUT2D eigenvalue weighted by molar-refractivity contribution is 0.352. The van der Waals surface area contributed by atoms with Gasteiger partial charge in [0.1, 0.15) is 0 Å². The van der Waals surface area contributed by atoms with E-state index in [1.165, 1.54) is 0 Å². The van der Waals surface area contributed by atoms with Gasteiger partial charge in [0.25, 0.3) is 0 Å². The summed E-state index contributed by atoms with van der Waals surface area (Å²) in [4.78, 5) is 0. The first-order chi connectivity index (χ1) is 9.65. The van der Waals surface area contributed by atoms with E-state index in [1.807, 2.05) is 43.3 Å². The van der Waals surface area contributed by atoms with Crippen molar-refractivity contribution in [3.05, 3.63) is 52.5 Å². The standard InChI is InChI=1S/C16H18ClNO2/c1-11-7-8-13(9-14(11)17)18-10-12-5-4-6-15(19-2)16(12)20-3/h4-9,18H,10H2,1-3H3. The second-order valence-corrected chi connectivity index (χ2v) is 4.88. The normalized spacial score (nSPS) is 10.2. The topological polar surface area (TPSA) is 30.5 Å². The van der Waals surface area contributed by atoms with Gasteiger partial charge in [0, 0.05) is 22.8 Å². The van der Waals surface area contributed by atoms with Crippen molar-refractivity contribution in [3.8, 4) is 11.5 Å². The number of rotatable bonds is 5. The largest absolute Gasteiger partial charge is 0.493 e. The third-order valence-corrected chi connectivity index (χ3v) is 3.55. The lowest BCUT2D eigenvalue weighted by atomic mass is 10.1. The van der Waals surface area contributed by atoms with Crippen LogP contribution in [0.25, 0.3) is 0 Å². The molecule has 20 heavy (non-hydrogen) atoms. The number of nitrogens with one attached hydrogen (secondary N) is 1. The summed E-state index contributed by atoms with van der Waals surface area (Å²) in [5.74, 6) is 1.48. The number of benzene rings is 2. The predicted molar refractivity (Wildman–Crippen MR) is 83.1 cm³/mol. The Bertz CT molecular complexity index is 599. The third-order valence-electron chi connectivity index (χ3n) is 3.14. The molecule has 3 nitrogen and oxygen atoms in total. The Morgan fingerprint density at radius 3 is 2.55 bits per heavy atom. The highest BCUT2D eigenvalue weighted by Gasteiger charge is 2.09. The zero-order chi connectivity index (χ0) is 14.5. The molecule has 0 radical (unpaired) electrons. The van der Waals surface area contributed by atoms with Crippen LogP contribution in [-0.4, -0.2) is 14.2 Å². The summed E-state index contributed by atoms with van der Waals surface area (Å²) in [6.45, 7) is 2.62. The number of methoxy groups -OCH3 is 2.